The summed E-state index contributed by atoms with van der Waals surface area (Å²) in [6.07, 6.45) is 0.635. The van der Waals surface area contributed by atoms with Gasteiger partial charge in [-0.05, 0) is 41.6 Å². The Labute approximate surface area is 217 Å². The van der Waals surface area contributed by atoms with E-state index in [4.69, 9.17) is 18.4 Å². The Balaban J connectivity index is 2.68. The van der Waals surface area contributed by atoms with Gasteiger partial charge in [-0.2, -0.15) is 8.42 Å². The average molecular weight is 539 g/mol. The third-order valence-corrected chi connectivity index (χ3v) is 14.3. The van der Waals surface area contributed by atoms with Crippen LogP contribution in [0.15, 0.2) is 42.5 Å². The average Bonchev–Trinajstić information content (AvgIpc) is 2.80. The Morgan fingerprint density at radius 2 is 1.53 bits per heavy atom. The molecule has 0 saturated heterocycles. The summed E-state index contributed by atoms with van der Waals surface area (Å²) >= 11 is 0. The minimum Gasteiger partial charge on any atom is -0.496 e. The molecule has 0 bridgehead atoms. The normalized spacial score (nSPS) is 15.3. The standard InChI is InChI=1S/C27H42O7SSi/c1-20-23(31-5)17-22(18-24(20)32-6)27(28,36(8,9)26(2,3)4)25(19-34-35(7,29)30)33-16-15-21-13-11-10-12-14-21/h10-14,17-18,25,28H,15-16,19H2,1-9H3/t25-,27+/m0/s1. The monoisotopic (exact) mass is 538 g/mol. The van der Waals surface area contributed by atoms with Gasteiger partial charge in [0.1, 0.15) is 22.8 Å². The Morgan fingerprint density at radius 1 is 1.00 bits per heavy atom. The number of hydrogen-bond donors (Lipinski definition) is 1. The lowest BCUT2D eigenvalue weighted by Gasteiger charge is -2.52. The van der Waals surface area contributed by atoms with Crippen molar-refractivity contribution in [3.05, 3.63) is 59.2 Å². The number of aliphatic hydroxyl groups is 1. The molecular weight excluding hydrogens is 496 g/mol. The van der Waals surface area contributed by atoms with Gasteiger partial charge in [0, 0.05) is 5.56 Å². The number of benzene rings is 2. The molecule has 2 aromatic rings. The zero-order valence-corrected chi connectivity index (χ0v) is 24.9. The van der Waals surface area contributed by atoms with Gasteiger partial charge in [-0.25, -0.2) is 0 Å². The van der Waals surface area contributed by atoms with E-state index in [-0.39, 0.29) is 18.3 Å². The largest absolute Gasteiger partial charge is 0.496 e. The summed E-state index contributed by atoms with van der Waals surface area (Å²) in [5.41, 5.74) is 2.43. The third-order valence-electron chi connectivity index (χ3n) is 7.47. The van der Waals surface area contributed by atoms with Crippen molar-refractivity contribution in [2.45, 2.75) is 63.6 Å². The van der Waals surface area contributed by atoms with Gasteiger partial charge in [-0.15, -0.1) is 0 Å². The highest BCUT2D eigenvalue weighted by Gasteiger charge is 2.58. The fourth-order valence-corrected chi connectivity index (χ4v) is 7.62. The van der Waals surface area contributed by atoms with Crippen molar-refractivity contribution >= 4 is 18.2 Å². The van der Waals surface area contributed by atoms with Crippen molar-refractivity contribution in [1.29, 1.82) is 0 Å². The van der Waals surface area contributed by atoms with Crippen LogP contribution in [0.1, 0.15) is 37.5 Å². The summed E-state index contributed by atoms with van der Waals surface area (Å²) in [5.74, 6) is 1.13. The molecule has 0 aromatic heterocycles. The van der Waals surface area contributed by atoms with E-state index in [0.717, 1.165) is 17.4 Å². The molecule has 0 aliphatic carbocycles. The Morgan fingerprint density at radius 3 is 1.97 bits per heavy atom. The van der Waals surface area contributed by atoms with E-state index >= 15 is 0 Å². The summed E-state index contributed by atoms with van der Waals surface area (Å²) in [7, 11) is -3.38. The van der Waals surface area contributed by atoms with Gasteiger partial charge in [-0.3, -0.25) is 4.18 Å². The van der Waals surface area contributed by atoms with Crippen molar-refractivity contribution < 1.29 is 31.9 Å². The van der Waals surface area contributed by atoms with Crippen molar-refractivity contribution in [3.63, 3.8) is 0 Å². The van der Waals surface area contributed by atoms with Gasteiger partial charge in [0.2, 0.25) is 0 Å². The summed E-state index contributed by atoms with van der Waals surface area (Å²) in [5, 5.41) is 10.9. The van der Waals surface area contributed by atoms with E-state index in [2.05, 4.69) is 33.9 Å². The maximum absolute atomic E-state index is 12.8. The lowest BCUT2D eigenvalue weighted by molar-refractivity contribution is -0.0897. The first-order valence-electron chi connectivity index (χ1n) is 12.0. The van der Waals surface area contributed by atoms with Crippen LogP contribution in [0.2, 0.25) is 18.1 Å². The molecule has 202 valence electrons. The fourth-order valence-electron chi connectivity index (χ4n) is 4.27. The van der Waals surface area contributed by atoms with Crippen molar-refractivity contribution in [2.24, 2.45) is 0 Å². The highest BCUT2D eigenvalue weighted by Crippen LogP contribution is 2.51. The first kappa shape index (κ1) is 30.3. The number of hydrogen-bond acceptors (Lipinski definition) is 7. The van der Waals surface area contributed by atoms with Crippen LogP contribution in [-0.2, 0) is 30.7 Å². The maximum atomic E-state index is 12.8. The molecule has 0 radical (unpaired) electrons. The number of ether oxygens (including phenoxy) is 3. The summed E-state index contributed by atoms with van der Waals surface area (Å²) in [4.78, 5) is 0. The fraction of sp³-hybridized carbons (Fsp3) is 0.556. The smallest absolute Gasteiger partial charge is 0.264 e. The van der Waals surface area contributed by atoms with Crippen LogP contribution in [0.3, 0.4) is 0 Å². The van der Waals surface area contributed by atoms with Crippen LogP contribution in [-0.4, -0.2) is 61.4 Å². The molecule has 0 heterocycles. The minimum atomic E-state index is -3.78. The second-order valence-corrected chi connectivity index (χ2v) is 17.9. The molecule has 1 N–H and O–H groups in total. The number of methoxy groups -OCH3 is 2. The molecule has 2 rings (SSSR count). The van der Waals surface area contributed by atoms with Gasteiger partial charge in [0.15, 0.2) is 0 Å². The quantitative estimate of drug-likeness (QED) is 0.305. The summed E-state index contributed by atoms with van der Waals surface area (Å²) < 4.78 is 46.8. The van der Waals surface area contributed by atoms with Crippen molar-refractivity contribution in [2.75, 3.05) is 33.7 Å². The minimum absolute atomic E-state index is 0.277. The van der Waals surface area contributed by atoms with E-state index in [0.29, 0.717) is 23.5 Å². The second-order valence-electron chi connectivity index (χ2n) is 10.7. The van der Waals surface area contributed by atoms with Crippen LogP contribution in [0.4, 0.5) is 0 Å². The zero-order chi connectivity index (χ0) is 27.4. The summed E-state index contributed by atoms with van der Waals surface area (Å²) in [6.45, 7) is 12.3. The lowest BCUT2D eigenvalue weighted by atomic mass is 10.00. The molecular formula is C27H42O7SSi. The SMILES string of the molecule is COc1cc([C@](O)([C@H](COS(C)(=O)=O)OCCc2ccccc2)[Si](C)(C)C(C)(C)C)cc(OC)c1C. The topological polar surface area (TPSA) is 91.3 Å². The van der Waals surface area contributed by atoms with Crippen LogP contribution in [0.5, 0.6) is 11.5 Å². The van der Waals surface area contributed by atoms with E-state index in [1.807, 2.05) is 37.3 Å². The molecule has 9 heteroatoms. The molecule has 0 amide bonds. The predicted octanol–water partition coefficient (Wildman–Crippen LogP) is 4.85. The van der Waals surface area contributed by atoms with Crippen LogP contribution < -0.4 is 9.47 Å². The van der Waals surface area contributed by atoms with Crippen molar-refractivity contribution in [3.8, 4) is 11.5 Å². The van der Waals surface area contributed by atoms with E-state index < -0.39 is 29.5 Å². The highest BCUT2D eigenvalue weighted by atomic mass is 32.2. The Hall–Kier alpha value is -1.91. The van der Waals surface area contributed by atoms with Gasteiger partial charge in [-0.1, -0.05) is 64.2 Å². The molecule has 0 fully saturated rings. The molecule has 2 atom stereocenters. The van der Waals surface area contributed by atoms with Crippen LogP contribution >= 0.6 is 0 Å². The molecule has 0 unspecified atom stereocenters. The molecule has 0 aliphatic heterocycles. The van der Waals surface area contributed by atoms with Gasteiger partial charge < -0.3 is 19.3 Å². The van der Waals surface area contributed by atoms with Crippen LogP contribution in [0, 0.1) is 6.92 Å². The zero-order valence-electron chi connectivity index (χ0n) is 23.0. The first-order chi connectivity index (χ1) is 16.6. The van der Waals surface area contributed by atoms with Gasteiger partial charge in [0.25, 0.3) is 10.1 Å². The Kier molecular flexibility index (Phi) is 9.80. The Bertz CT molecular complexity index is 1090. The summed E-state index contributed by atoms with van der Waals surface area (Å²) in [6, 6.07) is 13.5. The highest BCUT2D eigenvalue weighted by molar-refractivity contribution is 7.85. The maximum Gasteiger partial charge on any atom is 0.264 e. The number of rotatable bonds is 12. The molecule has 36 heavy (non-hydrogen) atoms. The molecule has 0 aliphatic rings. The van der Waals surface area contributed by atoms with E-state index in [9.17, 15) is 13.5 Å². The second kappa shape index (κ2) is 11.6. The van der Waals surface area contributed by atoms with Gasteiger partial charge in [0.05, 0.1) is 41.8 Å². The van der Waals surface area contributed by atoms with Crippen LogP contribution in [0.25, 0.3) is 0 Å². The molecule has 0 spiro atoms. The lowest BCUT2D eigenvalue weighted by Crippen LogP contribution is -2.65. The first-order valence-corrected chi connectivity index (χ1v) is 16.9. The molecule has 0 saturated carbocycles. The predicted molar refractivity (Wildman–Crippen MR) is 146 cm³/mol. The van der Waals surface area contributed by atoms with E-state index in [1.165, 1.54) is 0 Å². The third kappa shape index (κ3) is 6.69. The van der Waals surface area contributed by atoms with Crippen molar-refractivity contribution in [1.82, 2.24) is 0 Å². The van der Waals surface area contributed by atoms with Gasteiger partial charge >= 0.3 is 0 Å². The van der Waals surface area contributed by atoms with E-state index in [1.54, 1.807) is 26.4 Å². The molecule has 7 nitrogen and oxygen atoms in total. The molecule has 2 aromatic carbocycles.